The van der Waals surface area contributed by atoms with Gasteiger partial charge in [-0.2, -0.15) is 5.10 Å². The van der Waals surface area contributed by atoms with E-state index in [0.29, 0.717) is 16.3 Å². The van der Waals surface area contributed by atoms with E-state index in [0.717, 1.165) is 11.3 Å². The van der Waals surface area contributed by atoms with E-state index in [4.69, 9.17) is 11.6 Å². The maximum absolute atomic E-state index is 13.5. The van der Waals surface area contributed by atoms with Crippen LogP contribution in [0.4, 0.5) is 4.39 Å². The lowest BCUT2D eigenvalue weighted by Crippen LogP contribution is -2.05. The van der Waals surface area contributed by atoms with E-state index in [-0.39, 0.29) is 11.7 Å². The lowest BCUT2D eigenvalue weighted by atomic mass is 9.96. The summed E-state index contributed by atoms with van der Waals surface area (Å²) in [5.41, 5.74) is 2.52. The van der Waals surface area contributed by atoms with Crippen LogP contribution in [-0.2, 0) is 7.05 Å². The first-order valence-corrected chi connectivity index (χ1v) is 6.86. The molecular formula is C15H18ClFN2O. The number of hydrogen-bond donors (Lipinski definition) is 1. The predicted molar refractivity (Wildman–Crippen MR) is 77.5 cm³/mol. The molecule has 0 saturated heterocycles. The SMILES string of the molecule is Cc1cc(F)cc(C(O)c2c(C(C)C)nn(C)c2Cl)c1. The Morgan fingerprint density at radius 2 is 1.95 bits per heavy atom. The van der Waals surface area contributed by atoms with Crippen molar-refractivity contribution in [3.8, 4) is 0 Å². The molecule has 0 spiro atoms. The summed E-state index contributed by atoms with van der Waals surface area (Å²) >= 11 is 6.23. The summed E-state index contributed by atoms with van der Waals surface area (Å²) in [6.07, 6.45) is -0.983. The zero-order valence-electron chi connectivity index (χ0n) is 12.0. The molecule has 2 aromatic rings. The molecule has 3 nitrogen and oxygen atoms in total. The van der Waals surface area contributed by atoms with Crippen LogP contribution in [0.25, 0.3) is 0 Å². The van der Waals surface area contributed by atoms with Crippen LogP contribution in [0, 0.1) is 12.7 Å². The van der Waals surface area contributed by atoms with E-state index >= 15 is 0 Å². The van der Waals surface area contributed by atoms with Crippen molar-refractivity contribution in [3.63, 3.8) is 0 Å². The number of nitrogens with zero attached hydrogens (tertiary/aromatic N) is 2. The highest BCUT2D eigenvalue weighted by atomic mass is 35.5. The molecule has 5 heteroatoms. The molecular weight excluding hydrogens is 279 g/mol. The largest absolute Gasteiger partial charge is 0.383 e. The van der Waals surface area contributed by atoms with Crippen molar-refractivity contribution in [2.24, 2.45) is 7.05 Å². The van der Waals surface area contributed by atoms with Gasteiger partial charge in [0.15, 0.2) is 0 Å². The normalized spacial score (nSPS) is 13.0. The van der Waals surface area contributed by atoms with Gasteiger partial charge in [-0.15, -0.1) is 0 Å². The van der Waals surface area contributed by atoms with Gasteiger partial charge in [0.05, 0.1) is 5.69 Å². The van der Waals surface area contributed by atoms with E-state index in [9.17, 15) is 9.50 Å². The first kappa shape index (κ1) is 15.0. The van der Waals surface area contributed by atoms with Crippen molar-refractivity contribution in [3.05, 3.63) is 51.6 Å². The second kappa shape index (κ2) is 5.54. The average molecular weight is 297 g/mol. The number of aliphatic hydroxyl groups is 1. The third kappa shape index (κ3) is 2.72. The average Bonchev–Trinajstić information content (AvgIpc) is 2.64. The zero-order chi connectivity index (χ0) is 15.0. The number of aliphatic hydroxyl groups excluding tert-OH is 1. The second-order valence-corrected chi connectivity index (χ2v) is 5.69. The van der Waals surface area contributed by atoms with Crippen molar-refractivity contribution in [2.75, 3.05) is 0 Å². The minimum atomic E-state index is -0.983. The molecule has 0 bridgehead atoms. The lowest BCUT2D eigenvalue weighted by molar-refractivity contribution is 0.218. The third-order valence-corrected chi connectivity index (χ3v) is 3.69. The maximum atomic E-state index is 13.5. The number of benzene rings is 1. The third-order valence-electron chi connectivity index (χ3n) is 3.24. The van der Waals surface area contributed by atoms with Crippen LogP contribution < -0.4 is 0 Å². The Labute approximate surface area is 123 Å². The quantitative estimate of drug-likeness (QED) is 0.937. The molecule has 1 atom stereocenters. The van der Waals surface area contributed by atoms with Crippen LogP contribution in [-0.4, -0.2) is 14.9 Å². The molecule has 0 aliphatic rings. The van der Waals surface area contributed by atoms with Crippen LogP contribution in [0.15, 0.2) is 18.2 Å². The minimum Gasteiger partial charge on any atom is -0.383 e. The Morgan fingerprint density at radius 3 is 2.50 bits per heavy atom. The Morgan fingerprint density at radius 1 is 1.30 bits per heavy atom. The van der Waals surface area contributed by atoms with Gasteiger partial charge in [-0.25, -0.2) is 4.39 Å². The summed E-state index contributed by atoms with van der Waals surface area (Å²) in [5, 5.41) is 15.3. The van der Waals surface area contributed by atoms with Gasteiger partial charge in [-0.1, -0.05) is 31.5 Å². The lowest BCUT2D eigenvalue weighted by Gasteiger charge is -2.14. The molecule has 0 radical (unpaired) electrons. The molecule has 0 aliphatic heterocycles. The fourth-order valence-electron chi connectivity index (χ4n) is 2.31. The number of halogens is 2. The molecule has 1 unspecified atom stereocenters. The Balaban J connectivity index is 2.55. The van der Waals surface area contributed by atoms with Crippen molar-refractivity contribution in [2.45, 2.75) is 32.8 Å². The van der Waals surface area contributed by atoms with Crippen LogP contribution >= 0.6 is 11.6 Å². The molecule has 1 aromatic carbocycles. The van der Waals surface area contributed by atoms with E-state index in [2.05, 4.69) is 5.10 Å². The molecule has 108 valence electrons. The molecule has 0 amide bonds. The van der Waals surface area contributed by atoms with E-state index < -0.39 is 6.10 Å². The van der Waals surface area contributed by atoms with Gasteiger partial charge in [0.2, 0.25) is 0 Å². The number of aryl methyl sites for hydroxylation is 2. The molecule has 1 N–H and O–H groups in total. The van der Waals surface area contributed by atoms with Gasteiger partial charge in [0.1, 0.15) is 17.1 Å². The number of rotatable bonds is 3. The highest BCUT2D eigenvalue weighted by molar-refractivity contribution is 6.30. The van der Waals surface area contributed by atoms with Crippen LogP contribution in [0.3, 0.4) is 0 Å². The highest BCUT2D eigenvalue weighted by Gasteiger charge is 2.25. The molecule has 0 aliphatic carbocycles. The Hall–Kier alpha value is -1.39. The molecule has 20 heavy (non-hydrogen) atoms. The van der Waals surface area contributed by atoms with Gasteiger partial charge < -0.3 is 5.11 Å². The van der Waals surface area contributed by atoms with Crippen molar-refractivity contribution in [1.82, 2.24) is 9.78 Å². The topological polar surface area (TPSA) is 38.1 Å². The molecule has 1 aromatic heterocycles. The predicted octanol–water partition coefficient (Wildman–Crippen LogP) is 3.73. The summed E-state index contributed by atoms with van der Waals surface area (Å²) in [6.45, 7) is 5.74. The van der Waals surface area contributed by atoms with Crippen molar-refractivity contribution >= 4 is 11.6 Å². The monoisotopic (exact) mass is 296 g/mol. The maximum Gasteiger partial charge on any atom is 0.133 e. The summed E-state index contributed by atoms with van der Waals surface area (Å²) in [6, 6.07) is 4.50. The molecule has 2 rings (SSSR count). The summed E-state index contributed by atoms with van der Waals surface area (Å²) < 4.78 is 15.0. The van der Waals surface area contributed by atoms with Crippen molar-refractivity contribution in [1.29, 1.82) is 0 Å². The number of aromatic nitrogens is 2. The Kier molecular flexibility index (Phi) is 4.16. The second-order valence-electron chi connectivity index (χ2n) is 5.33. The minimum absolute atomic E-state index is 0.119. The standard InChI is InChI=1S/C15H18ClFN2O/c1-8(2)13-12(15(16)19(4)18-13)14(20)10-5-9(3)6-11(17)7-10/h5-8,14,20H,1-4H3. The van der Waals surface area contributed by atoms with Crippen LogP contribution in [0.2, 0.25) is 5.15 Å². The molecule has 1 heterocycles. The van der Waals surface area contributed by atoms with Gasteiger partial charge in [-0.05, 0) is 36.1 Å². The van der Waals surface area contributed by atoms with E-state index in [1.165, 1.54) is 16.8 Å². The first-order chi connectivity index (χ1) is 9.31. The summed E-state index contributed by atoms with van der Waals surface area (Å²) in [4.78, 5) is 0. The van der Waals surface area contributed by atoms with E-state index in [1.807, 2.05) is 13.8 Å². The van der Waals surface area contributed by atoms with Crippen LogP contribution in [0.5, 0.6) is 0 Å². The van der Waals surface area contributed by atoms with Crippen molar-refractivity contribution < 1.29 is 9.50 Å². The molecule has 0 saturated carbocycles. The molecule has 0 fully saturated rings. The number of hydrogen-bond acceptors (Lipinski definition) is 2. The van der Waals surface area contributed by atoms with Gasteiger partial charge in [-0.3, -0.25) is 4.68 Å². The summed E-state index contributed by atoms with van der Waals surface area (Å²) in [5.74, 6) is -0.252. The first-order valence-electron chi connectivity index (χ1n) is 6.48. The smallest absolute Gasteiger partial charge is 0.133 e. The zero-order valence-corrected chi connectivity index (χ0v) is 12.7. The summed E-state index contributed by atoms with van der Waals surface area (Å²) in [7, 11) is 1.72. The van der Waals surface area contributed by atoms with Gasteiger partial charge in [0, 0.05) is 12.6 Å². The fraction of sp³-hybridized carbons (Fsp3) is 0.400. The van der Waals surface area contributed by atoms with Gasteiger partial charge >= 0.3 is 0 Å². The highest BCUT2D eigenvalue weighted by Crippen LogP contribution is 2.34. The Bertz CT molecular complexity index is 617. The van der Waals surface area contributed by atoms with Gasteiger partial charge in [0.25, 0.3) is 0 Å². The fourth-order valence-corrected chi connectivity index (χ4v) is 2.55. The van der Waals surface area contributed by atoms with E-state index in [1.54, 1.807) is 20.0 Å². The van der Waals surface area contributed by atoms with Crippen LogP contribution in [0.1, 0.15) is 48.3 Å².